The zero-order chi connectivity index (χ0) is 29.6. The van der Waals surface area contributed by atoms with Crippen LogP contribution in [0.5, 0.6) is 11.6 Å². The van der Waals surface area contributed by atoms with Crippen molar-refractivity contribution in [1.29, 1.82) is 0 Å². The number of nitrogens with zero attached hydrogens (tertiary/aromatic N) is 3. The number of nitrogens with one attached hydrogen (secondary N) is 1. The van der Waals surface area contributed by atoms with Crippen molar-refractivity contribution >= 4 is 44.7 Å². The summed E-state index contributed by atoms with van der Waals surface area (Å²) in [6.45, 7) is 4.52. The lowest BCUT2D eigenvalue weighted by Crippen LogP contribution is -2.53. The number of amides is 2. The number of ether oxygens (including phenoxy) is 1. The standard InChI is InChI=1S/C30H29N7O4S/c1-2-22(38)37-14-6-7-16(15-37)34-29(40)27-24-23-18(10-11-19(31)26(23)42-27)30(33,28(39)25(24)32)20-12-13-21(36-35-20)41-17-8-4-3-5-9-17/h2-5,8-13,16,25H,1,6-7,14-15,31-33H2,(H,34,40). The van der Waals surface area contributed by atoms with E-state index in [2.05, 4.69) is 22.1 Å². The predicted octanol–water partition coefficient (Wildman–Crippen LogP) is 2.76. The Morgan fingerprint density at radius 2 is 1.93 bits per heavy atom. The number of anilines is 1. The van der Waals surface area contributed by atoms with Crippen molar-refractivity contribution in [3.8, 4) is 11.6 Å². The zero-order valence-electron chi connectivity index (χ0n) is 22.6. The third kappa shape index (κ3) is 4.49. The van der Waals surface area contributed by atoms with Gasteiger partial charge in [-0.2, -0.15) is 0 Å². The van der Waals surface area contributed by atoms with Gasteiger partial charge in [-0.1, -0.05) is 30.8 Å². The van der Waals surface area contributed by atoms with E-state index in [1.807, 2.05) is 18.2 Å². The molecule has 4 aromatic rings. The van der Waals surface area contributed by atoms with E-state index in [0.717, 1.165) is 6.42 Å². The third-order valence-electron chi connectivity index (χ3n) is 7.77. The molecule has 3 unspecified atom stereocenters. The molecule has 1 aliphatic heterocycles. The minimum atomic E-state index is -1.74. The van der Waals surface area contributed by atoms with Crippen LogP contribution in [0.2, 0.25) is 0 Å². The molecule has 1 fully saturated rings. The van der Waals surface area contributed by atoms with Crippen molar-refractivity contribution < 1.29 is 19.1 Å². The van der Waals surface area contributed by atoms with Gasteiger partial charge < -0.3 is 32.2 Å². The lowest BCUT2D eigenvalue weighted by atomic mass is 9.72. The van der Waals surface area contributed by atoms with Crippen LogP contribution in [0.1, 0.15) is 45.4 Å². The summed E-state index contributed by atoms with van der Waals surface area (Å²) in [6.07, 6.45) is 2.72. The first-order valence-electron chi connectivity index (χ1n) is 13.5. The highest BCUT2D eigenvalue weighted by Crippen LogP contribution is 2.49. The number of benzene rings is 2. The number of hydrogen-bond donors (Lipinski definition) is 4. The number of nitrogens with two attached hydrogens (primary N) is 3. The molecule has 2 aliphatic rings. The lowest BCUT2D eigenvalue weighted by molar-refractivity contribution is -0.127. The Kier molecular flexibility index (Phi) is 6.97. The molecule has 12 heteroatoms. The van der Waals surface area contributed by atoms with Crippen LogP contribution < -0.4 is 27.3 Å². The second-order valence-electron chi connectivity index (χ2n) is 10.4. The number of Topliss-reactive ketones (excluding diaryl/α,β-unsaturated/α-hetero) is 1. The molecule has 0 saturated carbocycles. The Labute approximate surface area is 245 Å². The van der Waals surface area contributed by atoms with Crippen molar-refractivity contribution in [2.24, 2.45) is 11.5 Å². The van der Waals surface area contributed by atoms with Crippen LogP contribution in [0.3, 0.4) is 0 Å². The van der Waals surface area contributed by atoms with Crippen molar-refractivity contribution in [1.82, 2.24) is 20.4 Å². The van der Waals surface area contributed by atoms with Crippen molar-refractivity contribution in [3.05, 3.63) is 89.0 Å². The molecule has 42 heavy (non-hydrogen) atoms. The second kappa shape index (κ2) is 10.6. The molecule has 6 rings (SSSR count). The van der Waals surface area contributed by atoms with Gasteiger partial charge in [0.2, 0.25) is 11.8 Å². The molecular weight excluding hydrogens is 554 g/mol. The van der Waals surface area contributed by atoms with Gasteiger partial charge in [-0.15, -0.1) is 21.5 Å². The third-order valence-corrected chi connectivity index (χ3v) is 9.03. The Morgan fingerprint density at radius 3 is 2.64 bits per heavy atom. The first-order valence-corrected chi connectivity index (χ1v) is 14.3. The average Bonchev–Trinajstić information content (AvgIpc) is 3.42. The molecule has 3 atom stereocenters. The van der Waals surface area contributed by atoms with Crippen LogP contribution in [-0.4, -0.2) is 51.8 Å². The van der Waals surface area contributed by atoms with Gasteiger partial charge in [0.15, 0.2) is 5.78 Å². The largest absolute Gasteiger partial charge is 0.438 e. The number of para-hydroxylation sites is 1. The number of rotatable bonds is 6. The molecule has 2 amide bonds. The van der Waals surface area contributed by atoms with E-state index in [0.29, 0.717) is 52.2 Å². The van der Waals surface area contributed by atoms with Crippen molar-refractivity contribution in [2.45, 2.75) is 30.5 Å². The number of carbonyl (C=O) groups excluding carboxylic acids is 3. The summed E-state index contributed by atoms with van der Waals surface area (Å²) in [6, 6.07) is 14.1. The van der Waals surface area contributed by atoms with Crippen LogP contribution in [0.15, 0.2) is 67.3 Å². The van der Waals surface area contributed by atoms with E-state index in [-0.39, 0.29) is 34.3 Å². The second-order valence-corrected chi connectivity index (χ2v) is 11.4. The minimum Gasteiger partial charge on any atom is -0.438 e. The number of aromatic nitrogens is 2. The molecule has 7 N–H and O–H groups in total. The first kappa shape index (κ1) is 27.5. The van der Waals surface area contributed by atoms with Gasteiger partial charge in [-0.05, 0) is 48.7 Å². The van der Waals surface area contributed by atoms with E-state index in [4.69, 9.17) is 21.9 Å². The number of carbonyl (C=O) groups is 3. The molecule has 2 aromatic carbocycles. The zero-order valence-corrected chi connectivity index (χ0v) is 23.4. The maximum atomic E-state index is 14.0. The quantitative estimate of drug-likeness (QED) is 0.196. The number of likely N-dealkylation sites (tertiary alicyclic amines) is 1. The molecular formula is C30H29N7O4S. The van der Waals surface area contributed by atoms with Gasteiger partial charge >= 0.3 is 0 Å². The van der Waals surface area contributed by atoms with E-state index < -0.39 is 17.4 Å². The van der Waals surface area contributed by atoms with Gasteiger partial charge in [-0.25, -0.2) is 0 Å². The number of ketones is 1. The maximum absolute atomic E-state index is 14.0. The molecule has 0 spiro atoms. The van der Waals surface area contributed by atoms with Crippen LogP contribution in [0, 0.1) is 0 Å². The van der Waals surface area contributed by atoms with Crippen LogP contribution in [-0.2, 0) is 15.1 Å². The molecule has 11 nitrogen and oxygen atoms in total. The number of hydrogen-bond acceptors (Lipinski definition) is 10. The molecule has 0 bridgehead atoms. The maximum Gasteiger partial charge on any atom is 0.262 e. The monoisotopic (exact) mass is 583 g/mol. The Morgan fingerprint density at radius 1 is 1.14 bits per heavy atom. The number of thiophene rings is 1. The van der Waals surface area contributed by atoms with Gasteiger partial charge in [-0.3, -0.25) is 14.4 Å². The fourth-order valence-electron chi connectivity index (χ4n) is 5.68. The highest BCUT2D eigenvalue weighted by atomic mass is 32.1. The Hall–Kier alpha value is -4.65. The van der Waals surface area contributed by atoms with Gasteiger partial charge in [0.25, 0.3) is 5.91 Å². The van der Waals surface area contributed by atoms with E-state index in [1.165, 1.54) is 17.4 Å². The molecule has 0 radical (unpaired) electrons. The molecule has 2 aromatic heterocycles. The minimum absolute atomic E-state index is 0.182. The number of nitrogen functional groups attached to an aromatic ring is 1. The van der Waals surface area contributed by atoms with Crippen molar-refractivity contribution in [2.75, 3.05) is 18.8 Å². The fourth-order valence-corrected chi connectivity index (χ4v) is 6.89. The van der Waals surface area contributed by atoms with Gasteiger partial charge in [0.05, 0.1) is 21.3 Å². The fraction of sp³-hybridized carbons (Fsp3) is 0.233. The first-order chi connectivity index (χ1) is 20.2. The molecule has 1 saturated heterocycles. The predicted molar refractivity (Wildman–Crippen MR) is 159 cm³/mol. The summed E-state index contributed by atoms with van der Waals surface area (Å²) < 4.78 is 6.35. The summed E-state index contributed by atoms with van der Waals surface area (Å²) >= 11 is 1.17. The Balaban J connectivity index is 1.36. The van der Waals surface area contributed by atoms with Gasteiger partial charge in [0, 0.05) is 41.8 Å². The topological polar surface area (TPSA) is 180 Å². The SMILES string of the molecule is C=CC(=O)N1CCCC(NC(=O)c2sc3c(N)ccc4c3c2C(N)C(=O)C4(N)c2ccc(Oc3ccccc3)nn2)C1. The van der Waals surface area contributed by atoms with E-state index >= 15 is 0 Å². The smallest absolute Gasteiger partial charge is 0.262 e. The Bertz CT molecular complexity index is 1720. The van der Waals surface area contributed by atoms with Crippen molar-refractivity contribution in [3.63, 3.8) is 0 Å². The van der Waals surface area contributed by atoms with E-state index in [1.54, 1.807) is 41.3 Å². The lowest BCUT2D eigenvalue weighted by Gasteiger charge is -2.35. The van der Waals surface area contributed by atoms with Gasteiger partial charge in [0.1, 0.15) is 11.3 Å². The summed E-state index contributed by atoms with van der Waals surface area (Å²) in [7, 11) is 0. The number of piperidine rings is 1. The van der Waals surface area contributed by atoms with Crippen LogP contribution in [0.4, 0.5) is 5.69 Å². The molecule has 3 heterocycles. The summed E-state index contributed by atoms with van der Waals surface area (Å²) in [5, 5.41) is 12.0. The molecule has 214 valence electrons. The average molecular weight is 584 g/mol. The highest BCUT2D eigenvalue weighted by molar-refractivity contribution is 7.21. The summed E-state index contributed by atoms with van der Waals surface area (Å²) in [5.74, 6) is -0.280. The molecule has 1 aliphatic carbocycles. The van der Waals surface area contributed by atoms with Crippen LogP contribution >= 0.6 is 11.3 Å². The normalized spacial score (nSPS) is 21.7. The van der Waals surface area contributed by atoms with Crippen LogP contribution in [0.25, 0.3) is 10.1 Å². The van der Waals surface area contributed by atoms with E-state index in [9.17, 15) is 14.4 Å². The summed E-state index contributed by atoms with van der Waals surface area (Å²) in [4.78, 5) is 41.7. The summed E-state index contributed by atoms with van der Waals surface area (Å²) in [5.41, 5.74) is 19.5. The highest BCUT2D eigenvalue weighted by Gasteiger charge is 2.50.